The fourth-order valence-electron chi connectivity index (χ4n) is 2.25. The van der Waals surface area contributed by atoms with Gasteiger partial charge in [0.15, 0.2) is 18.2 Å². The zero-order valence-corrected chi connectivity index (χ0v) is 18.7. The molecule has 2 amide bonds. The third kappa shape index (κ3) is 6.80. The summed E-state index contributed by atoms with van der Waals surface area (Å²) in [6.45, 7) is -1.13. The molecule has 0 fully saturated rings. The van der Waals surface area contributed by atoms with Crippen molar-refractivity contribution in [3.8, 4) is 0 Å². The monoisotopic (exact) mass is 566 g/mol. The van der Waals surface area contributed by atoms with Crippen molar-refractivity contribution in [2.75, 3.05) is 32.2 Å². The molecular formula is C19H18F3IN4O5. The summed E-state index contributed by atoms with van der Waals surface area (Å²) in [5.74, 6) is -5.17. The van der Waals surface area contributed by atoms with Crippen molar-refractivity contribution in [1.82, 2.24) is 10.8 Å². The molecule has 0 aliphatic carbocycles. The average Bonchev–Trinajstić information content (AvgIpc) is 2.77. The van der Waals surface area contributed by atoms with Crippen molar-refractivity contribution in [2.45, 2.75) is 0 Å². The fraction of sp³-hybridized carbons (Fsp3) is 0.211. The van der Waals surface area contributed by atoms with Crippen LogP contribution in [0.15, 0.2) is 29.4 Å². The number of hydroxylamine groups is 1. The number of oxime groups is 1. The highest BCUT2D eigenvalue weighted by molar-refractivity contribution is 14.1. The fourth-order valence-corrected chi connectivity index (χ4v) is 2.70. The van der Waals surface area contributed by atoms with E-state index in [9.17, 15) is 22.8 Å². The number of nitrogens with one attached hydrogen (secondary N) is 3. The van der Waals surface area contributed by atoms with Gasteiger partial charge >= 0.3 is 0 Å². The van der Waals surface area contributed by atoms with E-state index in [-0.39, 0.29) is 12.3 Å². The number of nitrogens with zero attached hydrogens (tertiary/aromatic N) is 1. The number of amides is 2. The zero-order chi connectivity index (χ0) is 23.7. The molecule has 2 rings (SSSR count). The van der Waals surface area contributed by atoms with E-state index in [2.05, 4.69) is 20.6 Å². The Labute approximate surface area is 194 Å². The van der Waals surface area contributed by atoms with Gasteiger partial charge in [-0.3, -0.25) is 14.4 Å². The highest BCUT2D eigenvalue weighted by Gasteiger charge is 2.23. The summed E-state index contributed by atoms with van der Waals surface area (Å²) in [6.07, 6.45) is 0.766. The number of halogens is 4. The largest absolute Gasteiger partial charge is 0.394 e. The summed E-state index contributed by atoms with van der Waals surface area (Å²) in [5.41, 5.74) is 0.164. The minimum Gasteiger partial charge on any atom is -0.394 e. The van der Waals surface area contributed by atoms with Crippen LogP contribution in [0, 0.1) is 21.0 Å². The molecule has 2 aromatic rings. The molecule has 0 unspecified atom stereocenters. The van der Waals surface area contributed by atoms with Crippen molar-refractivity contribution >= 4 is 52.0 Å². The van der Waals surface area contributed by atoms with Crippen LogP contribution in [0.25, 0.3) is 0 Å². The Morgan fingerprint density at radius 3 is 2.62 bits per heavy atom. The molecule has 0 aliphatic rings. The lowest BCUT2D eigenvalue weighted by atomic mass is 10.1. The van der Waals surface area contributed by atoms with Crippen LogP contribution >= 0.6 is 22.6 Å². The third-order valence-corrected chi connectivity index (χ3v) is 4.44. The molecule has 0 saturated heterocycles. The van der Waals surface area contributed by atoms with E-state index in [0.29, 0.717) is 3.57 Å². The quantitative estimate of drug-likeness (QED) is 0.152. The lowest BCUT2D eigenvalue weighted by Crippen LogP contribution is -2.26. The van der Waals surface area contributed by atoms with Gasteiger partial charge in [-0.15, -0.1) is 0 Å². The first kappa shape index (κ1) is 25.4. The van der Waals surface area contributed by atoms with Crippen molar-refractivity contribution in [1.29, 1.82) is 0 Å². The smallest absolute Gasteiger partial charge is 0.277 e. The maximum atomic E-state index is 14.9. The second-order valence-electron chi connectivity index (χ2n) is 5.95. The van der Waals surface area contributed by atoms with Gasteiger partial charge in [-0.25, -0.2) is 18.7 Å². The Bertz CT molecular complexity index is 1020. The third-order valence-electron chi connectivity index (χ3n) is 3.77. The normalized spacial score (nSPS) is 10.8. The van der Waals surface area contributed by atoms with Gasteiger partial charge in [0.05, 0.1) is 36.4 Å². The Kier molecular flexibility index (Phi) is 9.67. The van der Waals surface area contributed by atoms with Crippen molar-refractivity contribution in [3.63, 3.8) is 0 Å². The maximum Gasteiger partial charge on any atom is 0.277 e. The molecule has 0 heterocycles. The van der Waals surface area contributed by atoms with Gasteiger partial charge in [-0.2, -0.15) is 0 Å². The number of hydrogen-bond acceptors (Lipinski definition) is 7. The van der Waals surface area contributed by atoms with E-state index in [1.807, 2.05) is 28.1 Å². The second-order valence-corrected chi connectivity index (χ2v) is 7.20. The molecule has 0 saturated carbocycles. The molecule has 0 bridgehead atoms. The molecule has 0 aromatic heterocycles. The molecule has 32 heavy (non-hydrogen) atoms. The summed E-state index contributed by atoms with van der Waals surface area (Å²) in [5, 5.41) is 16.8. The second kappa shape index (κ2) is 12.2. The number of anilines is 2. The molecular weight excluding hydrogens is 548 g/mol. The standard InChI is InChI=1S/C19H18F3IN4O5/c1-24-15(29)9-32-25-8-10-6-12(19(30)27-31-5-4-28)18(17(22)16(10)21)26-14-3-2-11(23)7-13(14)20/h2-3,6-8,26,28H,4-5,9H2,1H3,(H,24,29)(H,27,30). The molecule has 0 aliphatic heterocycles. The predicted molar refractivity (Wildman–Crippen MR) is 117 cm³/mol. The number of hydrogen-bond donors (Lipinski definition) is 4. The van der Waals surface area contributed by atoms with Gasteiger partial charge in [0.1, 0.15) is 5.82 Å². The summed E-state index contributed by atoms with van der Waals surface area (Å²) >= 11 is 1.87. The van der Waals surface area contributed by atoms with E-state index in [1.54, 1.807) is 0 Å². The van der Waals surface area contributed by atoms with Crippen LogP contribution in [0.5, 0.6) is 0 Å². The Morgan fingerprint density at radius 2 is 1.97 bits per heavy atom. The molecule has 0 spiro atoms. The number of likely N-dealkylation sites (N-methyl/N-ethyl adjacent to an activating group) is 1. The number of aliphatic hydroxyl groups is 1. The van der Waals surface area contributed by atoms with Crippen LogP contribution in [0.1, 0.15) is 15.9 Å². The Morgan fingerprint density at radius 1 is 1.22 bits per heavy atom. The van der Waals surface area contributed by atoms with Gasteiger partial charge < -0.3 is 20.6 Å². The summed E-state index contributed by atoms with van der Waals surface area (Å²) in [6, 6.07) is 4.90. The van der Waals surface area contributed by atoms with E-state index >= 15 is 0 Å². The highest BCUT2D eigenvalue weighted by Crippen LogP contribution is 2.30. The van der Waals surface area contributed by atoms with Crippen molar-refractivity contribution in [3.05, 3.63) is 56.4 Å². The highest BCUT2D eigenvalue weighted by atomic mass is 127. The topological polar surface area (TPSA) is 121 Å². The van der Waals surface area contributed by atoms with Crippen LogP contribution < -0.4 is 16.1 Å². The lowest BCUT2D eigenvalue weighted by molar-refractivity contribution is -0.125. The molecule has 172 valence electrons. The van der Waals surface area contributed by atoms with Crippen LogP contribution in [0.3, 0.4) is 0 Å². The molecule has 0 radical (unpaired) electrons. The number of carbonyl (C=O) groups is 2. The molecule has 0 atom stereocenters. The van der Waals surface area contributed by atoms with Gasteiger partial charge in [-0.05, 0) is 46.9 Å². The first-order chi connectivity index (χ1) is 15.3. The SMILES string of the molecule is CNC(=O)CON=Cc1cc(C(=O)NOCCO)c(Nc2ccc(I)cc2F)c(F)c1F. The lowest BCUT2D eigenvalue weighted by Gasteiger charge is -2.15. The summed E-state index contributed by atoms with van der Waals surface area (Å²) in [4.78, 5) is 33.0. The number of aliphatic hydroxyl groups excluding tert-OH is 1. The van der Waals surface area contributed by atoms with E-state index < -0.39 is 59.3 Å². The Hall–Kier alpha value is -2.91. The zero-order valence-electron chi connectivity index (χ0n) is 16.5. The summed E-state index contributed by atoms with van der Waals surface area (Å²) in [7, 11) is 1.37. The minimum atomic E-state index is -1.49. The van der Waals surface area contributed by atoms with Crippen LogP contribution in [-0.2, 0) is 14.5 Å². The van der Waals surface area contributed by atoms with E-state index in [0.717, 1.165) is 18.3 Å². The van der Waals surface area contributed by atoms with Gasteiger partial charge in [-0.1, -0.05) is 5.16 Å². The molecule has 13 heteroatoms. The summed E-state index contributed by atoms with van der Waals surface area (Å²) < 4.78 is 44.3. The molecule has 9 nitrogen and oxygen atoms in total. The average molecular weight is 566 g/mol. The number of carbonyl (C=O) groups excluding carboxylic acids is 2. The van der Waals surface area contributed by atoms with Gasteiger partial charge in [0, 0.05) is 16.2 Å². The van der Waals surface area contributed by atoms with Crippen LogP contribution in [0.4, 0.5) is 24.5 Å². The van der Waals surface area contributed by atoms with Crippen molar-refractivity contribution < 1.29 is 37.5 Å². The minimum absolute atomic E-state index is 0.204. The van der Waals surface area contributed by atoms with E-state index in [1.165, 1.54) is 19.2 Å². The Balaban J connectivity index is 2.43. The first-order valence-corrected chi connectivity index (χ1v) is 9.99. The van der Waals surface area contributed by atoms with Gasteiger partial charge in [0.25, 0.3) is 11.8 Å². The maximum absolute atomic E-state index is 14.9. The number of benzene rings is 2. The van der Waals surface area contributed by atoms with Gasteiger partial charge in [0.2, 0.25) is 0 Å². The first-order valence-electron chi connectivity index (χ1n) is 8.91. The number of rotatable bonds is 10. The van der Waals surface area contributed by atoms with Crippen LogP contribution in [-0.4, -0.2) is 50.0 Å². The van der Waals surface area contributed by atoms with Crippen LogP contribution in [0.2, 0.25) is 0 Å². The predicted octanol–water partition coefficient (Wildman–Crippen LogP) is 2.20. The molecule has 2 aromatic carbocycles. The van der Waals surface area contributed by atoms with E-state index in [4.69, 9.17) is 9.94 Å². The molecule has 4 N–H and O–H groups in total. The van der Waals surface area contributed by atoms with Crippen molar-refractivity contribution in [2.24, 2.45) is 5.16 Å².